The number of nitrogens with one attached hydrogen (secondary N) is 1. The Kier molecular flexibility index (Phi) is 5.19. The number of carbonyl (C=O) groups excluding carboxylic acids is 2. The molecule has 0 aliphatic carbocycles. The fraction of sp³-hybridized carbons (Fsp3) is 0.0667. The number of carbonyl (C=O) groups is 2. The number of halogens is 2. The van der Waals surface area contributed by atoms with Crippen molar-refractivity contribution in [2.24, 2.45) is 0 Å². The van der Waals surface area contributed by atoms with E-state index in [1.54, 1.807) is 18.2 Å². The Hall–Kier alpha value is -1.60. The minimum absolute atomic E-state index is 0.294. The fourth-order valence-electron chi connectivity index (χ4n) is 1.69. The van der Waals surface area contributed by atoms with Gasteiger partial charge in [0.05, 0.1) is 23.4 Å². The average molecular weight is 416 g/mol. The van der Waals surface area contributed by atoms with E-state index < -0.39 is 5.97 Å². The molecular weight excluding hydrogens is 405 g/mol. The minimum Gasteiger partial charge on any atom is -0.465 e. The van der Waals surface area contributed by atoms with E-state index >= 15 is 0 Å². The van der Waals surface area contributed by atoms with Crippen LogP contribution in [0, 0.1) is 3.57 Å². The lowest BCUT2D eigenvalue weighted by Crippen LogP contribution is -2.13. The van der Waals surface area contributed by atoms with Crippen LogP contribution in [0.15, 0.2) is 42.5 Å². The molecule has 0 atom stereocenters. The number of esters is 1. The molecule has 21 heavy (non-hydrogen) atoms. The summed E-state index contributed by atoms with van der Waals surface area (Å²) in [7, 11) is 1.29. The van der Waals surface area contributed by atoms with Crippen molar-refractivity contribution >= 4 is 51.8 Å². The van der Waals surface area contributed by atoms with Crippen LogP contribution in [0.4, 0.5) is 5.69 Å². The molecule has 2 rings (SSSR count). The SMILES string of the molecule is COC(=O)c1ccc(Cl)c(NC(=O)c2cccc(I)c2)c1. The van der Waals surface area contributed by atoms with Gasteiger partial charge < -0.3 is 10.1 Å². The van der Waals surface area contributed by atoms with Crippen LogP contribution in [-0.2, 0) is 4.74 Å². The molecule has 0 saturated heterocycles. The summed E-state index contributed by atoms with van der Waals surface area (Å²) < 4.78 is 5.59. The second kappa shape index (κ2) is 6.91. The summed E-state index contributed by atoms with van der Waals surface area (Å²) in [5.74, 6) is -0.783. The number of methoxy groups -OCH3 is 1. The molecular formula is C15H11ClINO3. The summed E-state index contributed by atoms with van der Waals surface area (Å²) in [5.41, 5.74) is 1.20. The van der Waals surface area contributed by atoms with E-state index in [1.165, 1.54) is 25.3 Å². The van der Waals surface area contributed by atoms with Gasteiger partial charge in [-0.2, -0.15) is 0 Å². The number of anilines is 1. The van der Waals surface area contributed by atoms with Crippen LogP contribution in [-0.4, -0.2) is 19.0 Å². The molecule has 108 valence electrons. The summed E-state index contributed by atoms with van der Waals surface area (Å²) in [6.07, 6.45) is 0. The van der Waals surface area contributed by atoms with Crippen molar-refractivity contribution in [2.45, 2.75) is 0 Å². The van der Waals surface area contributed by atoms with Crippen LogP contribution < -0.4 is 5.32 Å². The van der Waals surface area contributed by atoms with Crippen molar-refractivity contribution < 1.29 is 14.3 Å². The maximum Gasteiger partial charge on any atom is 0.337 e. The summed E-state index contributed by atoms with van der Waals surface area (Å²) in [5, 5.41) is 3.04. The monoisotopic (exact) mass is 415 g/mol. The topological polar surface area (TPSA) is 55.4 Å². The first-order chi connectivity index (χ1) is 10.0. The van der Waals surface area contributed by atoms with Crippen molar-refractivity contribution in [2.75, 3.05) is 12.4 Å². The Morgan fingerprint density at radius 2 is 1.90 bits per heavy atom. The molecule has 0 unspecified atom stereocenters. The highest BCUT2D eigenvalue weighted by molar-refractivity contribution is 14.1. The lowest BCUT2D eigenvalue weighted by Gasteiger charge is -2.09. The van der Waals surface area contributed by atoms with Crippen molar-refractivity contribution in [3.8, 4) is 0 Å². The Morgan fingerprint density at radius 1 is 1.14 bits per heavy atom. The Bertz CT molecular complexity index is 703. The van der Waals surface area contributed by atoms with Gasteiger partial charge in [-0.05, 0) is 59.0 Å². The van der Waals surface area contributed by atoms with Gasteiger partial charge in [0.2, 0.25) is 0 Å². The van der Waals surface area contributed by atoms with Gasteiger partial charge in [-0.15, -0.1) is 0 Å². The molecule has 1 N–H and O–H groups in total. The lowest BCUT2D eigenvalue weighted by atomic mass is 10.1. The number of amides is 1. The van der Waals surface area contributed by atoms with E-state index in [0.717, 1.165) is 3.57 Å². The number of hydrogen-bond acceptors (Lipinski definition) is 3. The van der Waals surface area contributed by atoms with Crippen LogP contribution in [0.5, 0.6) is 0 Å². The molecule has 0 saturated carbocycles. The van der Waals surface area contributed by atoms with E-state index in [9.17, 15) is 9.59 Å². The van der Waals surface area contributed by atoms with Crippen molar-refractivity contribution in [1.82, 2.24) is 0 Å². The Balaban J connectivity index is 2.26. The quantitative estimate of drug-likeness (QED) is 0.609. The fourth-order valence-corrected chi connectivity index (χ4v) is 2.40. The highest BCUT2D eigenvalue weighted by atomic mass is 127. The third-order valence-electron chi connectivity index (χ3n) is 2.72. The molecule has 2 aromatic rings. The van der Waals surface area contributed by atoms with Gasteiger partial charge in [-0.3, -0.25) is 4.79 Å². The molecule has 0 aliphatic rings. The smallest absolute Gasteiger partial charge is 0.337 e. The highest BCUT2D eigenvalue weighted by Gasteiger charge is 2.12. The first kappa shape index (κ1) is 15.8. The lowest BCUT2D eigenvalue weighted by molar-refractivity contribution is 0.0600. The predicted octanol–water partition coefficient (Wildman–Crippen LogP) is 3.98. The van der Waals surface area contributed by atoms with Crippen LogP contribution in [0.1, 0.15) is 20.7 Å². The van der Waals surface area contributed by atoms with Gasteiger partial charge in [0.1, 0.15) is 0 Å². The summed E-state index contributed by atoms with van der Waals surface area (Å²) in [6.45, 7) is 0. The third-order valence-corrected chi connectivity index (χ3v) is 3.72. The summed E-state index contributed by atoms with van der Waals surface area (Å²) in [4.78, 5) is 23.7. The van der Waals surface area contributed by atoms with Gasteiger partial charge in [0, 0.05) is 9.13 Å². The Morgan fingerprint density at radius 3 is 2.57 bits per heavy atom. The van der Waals surface area contributed by atoms with E-state index in [-0.39, 0.29) is 5.91 Å². The van der Waals surface area contributed by atoms with Gasteiger partial charge in [0.15, 0.2) is 0 Å². The van der Waals surface area contributed by atoms with E-state index in [0.29, 0.717) is 21.8 Å². The van der Waals surface area contributed by atoms with Crippen LogP contribution >= 0.6 is 34.2 Å². The molecule has 0 aliphatic heterocycles. The second-order valence-corrected chi connectivity index (χ2v) is 5.80. The standard InChI is InChI=1S/C15H11ClINO3/c1-21-15(20)10-5-6-12(16)13(8-10)18-14(19)9-3-2-4-11(17)7-9/h2-8H,1H3,(H,18,19). The van der Waals surface area contributed by atoms with Gasteiger partial charge >= 0.3 is 5.97 Å². The summed E-state index contributed by atoms with van der Waals surface area (Å²) >= 11 is 8.17. The second-order valence-electron chi connectivity index (χ2n) is 4.15. The Labute approximate surface area is 140 Å². The van der Waals surface area contributed by atoms with E-state index in [1.807, 2.05) is 6.07 Å². The number of rotatable bonds is 3. The first-order valence-electron chi connectivity index (χ1n) is 5.96. The largest absolute Gasteiger partial charge is 0.465 e. The molecule has 0 heterocycles. The number of ether oxygens (including phenoxy) is 1. The van der Waals surface area contributed by atoms with E-state index in [2.05, 4.69) is 32.6 Å². The number of benzene rings is 2. The molecule has 0 radical (unpaired) electrons. The molecule has 0 spiro atoms. The van der Waals surface area contributed by atoms with Crippen molar-refractivity contribution in [1.29, 1.82) is 0 Å². The van der Waals surface area contributed by atoms with Crippen molar-refractivity contribution in [3.05, 3.63) is 62.2 Å². The molecule has 0 fully saturated rings. The molecule has 0 bridgehead atoms. The maximum absolute atomic E-state index is 12.2. The minimum atomic E-state index is -0.489. The maximum atomic E-state index is 12.2. The van der Waals surface area contributed by atoms with Gasteiger partial charge in [0.25, 0.3) is 5.91 Å². The molecule has 4 nitrogen and oxygen atoms in total. The van der Waals surface area contributed by atoms with Gasteiger partial charge in [-0.1, -0.05) is 17.7 Å². The zero-order valence-corrected chi connectivity index (χ0v) is 13.9. The normalized spacial score (nSPS) is 10.0. The summed E-state index contributed by atoms with van der Waals surface area (Å²) in [6, 6.07) is 11.7. The average Bonchev–Trinajstić information content (AvgIpc) is 2.48. The predicted molar refractivity (Wildman–Crippen MR) is 89.9 cm³/mol. The zero-order chi connectivity index (χ0) is 15.4. The third kappa shape index (κ3) is 3.95. The van der Waals surface area contributed by atoms with Crippen LogP contribution in [0.25, 0.3) is 0 Å². The van der Waals surface area contributed by atoms with Crippen molar-refractivity contribution in [3.63, 3.8) is 0 Å². The first-order valence-corrected chi connectivity index (χ1v) is 7.41. The van der Waals surface area contributed by atoms with Crippen LogP contribution in [0.3, 0.4) is 0 Å². The molecule has 6 heteroatoms. The highest BCUT2D eigenvalue weighted by Crippen LogP contribution is 2.24. The molecule has 0 aromatic heterocycles. The molecule has 2 aromatic carbocycles. The number of hydrogen-bond donors (Lipinski definition) is 1. The van der Waals surface area contributed by atoms with E-state index in [4.69, 9.17) is 11.6 Å². The van der Waals surface area contributed by atoms with Crippen LogP contribution in [0.2, 0.25) is 5.02 Å². The zero-order valence-electron chi connectivity index (χ0n) is 11.0. The molecule has 1 amide bonds. The van der Waals surface area contributed by atoms with Gasteiger partial charge in [-0.25, -0.2) is 4.79 Å².